The van der Waals surface area contributed by atoms with Crippen LogP contribution >= 0.6 is 31.9 Å². The van der Waals surface area contributed by atoms with Crippen molar-refractivity contribution in [2.24, 2.45) is 0 Å². The second kappa shape index (κ2) is 7.13. The lowest BCUT2D eigenvalue weighted by atomic mass is 10.1. The van der Waals surface area contributed by atoms with Crippen molar-refractivity contribution in [1.29, 1.82) is 0 Å². The molecule has 0 heterocycles. The molecule has 0 aliphatic carbocycles. The van der Waals surface area contributed by atoms with Gasteiger partial charge in [-0.15, -0.1) is 0 Å². The van der Waals surface area contributed by atoms with Crippen LogP contribution in [0.5, 0.6) is 5.75 Å². The van der Waals surface area contributed by atoms with Crippen LogP contribution in [0.4, 0.5) is 0 Å². The molecule has 1 unspecified atom stereocenters. The Labute approximate surface area is 118 Å². The van der Waals surface area contributed by atoms with Crippen LogP contribution in [0.25, 0.3) is 0 Å². The average molecular weight is 365 g/mol. The summed E-state index contributed by atoms with van der Waals surface area (Å²) < 4.78 is 1.25. The maximum Gasteiger partial charge on any atom is 0.143 e. The highest BCUT2D eigenvalue weighted by atomic mass is 79.9. The molecule has 0 spiro atoms. The number of carbonyl (C=O) groups is 1. The van der Waals surface area contributed by atoms with Crippen molar-refractivity contribution in [3.05, 3.63) is 26.6 Å². The van der Waals surface area contributed by atoms with E-state index in [4.69, 9.17) is 0 Å². The summed E-state index contributed by atoms with van der Waals surface area (Å²) in [5, 5.41) is 12.7. The van der Waals surface area contributed by atoms with Crippen molar-refractivity contribution in [1.82, 2.24) is 5.32 Å². The van der Waals surface area contributed by atoms with Crippen LogP contribution in [0, 0.1) is 0 Å². The summed E-state index contributed by atoms with van der Waals surface area (Å²) in [6.45, 7) is 2.88. The van der Waals surface area contributed by atoms with Gasteiger partial charge < -0.3 is 15.2 Å². The fraction of sp³-hybridized carbons (Fsp3) is 0.417. The normalized spacial score (nSPS) is 12.4. The maximum absolute atomic E-state index is 10.9. The highest BCUT2D eigenvalue weighted by Gasteiger charge is 2.11. The molecular weight excluding hydrogens is 350 g/mol. The van der Waals surface area contributed by atoms with E-state index in [9.17, 15) is 9.90 Å². The molecule has 2 N–H and O–H groups in total. The quantitative estimate of drug-likeness (QED) is 0.763. The molecule has 1 rings (SSSR count). The van der Waals surface area contributed by atoms with Crippen LogP contribution in [0.1, 0.15) is 18.9 Å². The molecule has 1 aromatic rings. The minimum absolute atomic E-state index is 0.179. The second-order valence-corrected chi connectivity index (χ2v) is 5.52. The van der Waals surface area contributed by atoms with Crippen LogP contribution in [-0.4, -0.2) is 24.0 Å². The fourth-order valence-corrected chi connectivity index (χ4v) is 2.77. The lowest BCUT2D eigenvalue weighted by molar-refractivity contribution is -0.109. The minimum Gasteiger partial charge on any atom is -0.506 e. The van der Waals surface area contributed by atoms with E-state index >= 15 is 0 Å². The number of phenolic OH excluding ortho intramolecular Hbond substituents is 1. The minimum atomic E-state index is -0.182. The van der Waals surface area contributed by atoms with Crippen molar-refractivity contribution >= 4 is 38.1 Å². The van der Waals surface area contributed by atoms with Gasteiger partial charge in [-0.05, 0) is 68.9 Å². The zero-order chi connectivity index (χ0) is 12.8. The van der Waals surface area contributed by atoms with Gasteiger partial charge in [0.2, 0.25) is 0 Å². The number of hydrogen-bond donors (Lipinski definition) is 2. The number of aromatic hydroxyl groups is 1. The molecule has 0 fully saturated rings. The predicted molar refractivity (Wildman–Crippen MR) is 75.4 cm³/mol. The van der Waals surface area contributed by atoms with E-state index in [0.717, 1.165) is 24.8 Å². The number of benzene rings is 1. The Bertz CT molecular complexity index is 373. The van der Waals surface area contributed by atoms with Crippen molar-refractivity contribution in [2.45, 2.75) is 25.8 Å². The molecule has 0 aromatic heterocycles. The number of phenols is 1. The molecule has 0 saturated heterocycles. The standard InChI is InChI=1S/C12H15Br2NO2/c1-2-3-15-9(7-16)4-8-5-10(13)12(17)11(14)6-8/h5-7,9,15,17H,2-4H2,1H3. The summed E-state index contributed by atoms with van der Waals surface area (Å²) in [4.78, 5) is 10.9. The van der Waals surface area contributed by atoms with Gasteiger partial charge in [-0.3, -0.25) is 0 Å². The number of halogens is 2. The lowest BCUT2D eigenvalue weighted by Gasteiger charge is -2.13. The topological polar surface area (TPSA) is 49.3 Å². The van der Waals surface area contributed by atoms with Gasteiger partial charge in [0.1, 0.15) is 12.0 Å². The van der Waals surface area contributed by atoms with E-state index in [1.807, 2.05) is 12.1 Å². The van der Waals surface area contributed by atoms with Gasteiger partial charge in [0.25, 0.3) is 0 Å². The first kappa shape index (κ1) is 14.7. The van der Waals surface area contributed by atoms with E-state index < -0.39 is 0 Å². The number of nitrogens with one attached hydrogen (secondary N) is 1. The Morgan fingerprint density at radius 1 is 1.41 bits per heavy atom. The molecule has 0 aliphatic heterocycles. The monoisotopic (exact) mass is 363 g/mol. The van der Waals surface area contributed by atoms with Gasteiger partial charge in [-0.25, -0.2) is 0 Å². The van der Waals surface area contributed by atoms with Gasteiger partial charge in [0, 0.05) is 0 Å². The maximum atomic E-state index is 10.9. The zero-order valence-electron chi connectivity index (χ0n) is 9.54. The molecule has 1 atom stereocenters. The third-order valence-electron chi connectivity index (χ3n) is 2.35. The van der Waals surface area contributed by atoms with Crippen molar-refractivity contribution in [3.63, 3.8) is 0 Å². The van der Waals surface area contributed by atoms with Crippen molar-refractivity contribution < 1.29 is 9.90 Å². The van der Waals surface area contributed by atoms with Crippen molar-refractivity contribution in [3.8, 4) is 5.75 Å². The van der Waals surface area contributed by atoms with E-state index in [1.54, 1.807) is 0 Å². The molecular formula is C12H15Br2NO2. The van der Waals surface area contributed by atoms with E-state index in [1.165, 1.54) is 0 Å². The van der Waals surface area contributed by atoms with Crippen LogP contribution in [0.2, 0.25) is 0 Å². The smallest absolute Gasteiger partial charge is 0.143 e. The average Bonchev–Trinajstić information content (AvgIpc) is 2.31. The molecule has 17 heavy (non-hydrogen) atoms. The van der Waals surface area contributed by atoms with Gasteiger partial charge in [-0.2, -0.15) is 0 Å². The first-order valence-corrected chi connectivity index (χ1v) is 7.02. The first-order valence-electron chi connectivity index (χ1n) is 5.44. The molecule has 5 heteroatoms. The molecule has 0 aliphatic rings. The summed E-state index contributed by atoms with van der Waals surface area (Å²) in [7, 11) is 0. The van der Waals surface area contributed by atoms with Crippen LogP contribution in [-0.2, 0) is 11.2 Å². The number of hydrogen-bond acceptors (Lipinski definition) is 3. The van der Waals surface area contributed by atoms with Gasteiger partial charge in [-0.1, -0.05) is 6.92 Å². The number of rotatable bonds is 6. The Hall–Kier alpha value is -0.390. The predicted octanol–water partition coefficient (Wildman–Crippen LogP) is 3.03. The lowest BCUT2D eigenvalue weighted by Crippen LogP contribution is -2.33. The number of carbonyl (C=O) groups excluding carboxylic acids is 1. The summed E-state index contributed by atoms with van der Waals surface area (Å²) in [5.41, 5.74) is 0.988. The molecule has 0 amide bonds. The molecule has 94 valence electrons. The molecule has 0 bridgehead atoms. The van der Waals surface area contributed by atoms with E-state index in [2.05, 4.69) is 44.1 Å². The SMILES string of the molecule is CCCNC(C=O)Cc1cc(Br)c(O)c(Br)c1. The third-order valence-corrected chi connectivity index (χ3v) is 3.56. The largest absolute Gasteiger partial charge is 0.506 e. The van der Waals surface area contributed by atoms with Crippen molar-refractivity contribution in [2.75, 3.05) is 6.54 Å². The Morgan fingerprint density at radius 2 is 2.00 bits per heavy atom. The van der Waals surface area contributed by atoms with E-state index in [0.29, 0.717) is 15.4 Å². The number of aldehydes is 1. The van der Waals surface area contributed by atoms with Crippen LogP contribution in [0.3, 0.4) is 0 Å². The molecule has 0 radical (unpaired) electrons. The van der Waals surface area contributed by atoms with Crippen LogP contribution in [0.15, 0.2) is 21.1 Å². The summed E-state index contributed by atoms with van der Waals surface area (Å²) in [5.74, 6) is 0.179. The summed E-state index contributed by atoms with van der Waals surface area (Å²) in [6, 6.07) is 3.47. The van der Waals surface area contributed by atoms with Gasteiger partial charge >= 0.3 is 0 Å². The summed E-state index contributed by atoms with van der Waals surface area (Å²) >= 11 is 6.55. The third kappa shape index (κ3) is 4.41. The highest BCUT2D eigenvalue weighted by molar-refractivity contribution is 9.11. The van der Waals surface area contributed by atoms with Gasteiger partial charge in [0.05, 0.1) is 15.0 Å². The molecule has 1 aromatic carbocycles. The molecule has 0 saturated carbocycles. The van der Waals surface area contributed by atoms with E-state index in [-0.39, 0.29) is 11.8 Å². The second-order valence-electron chi connectivity index (χ2n) is 3.81. The fourth-order valence-electron chi connectivity index (χ4n) is 1.49. The summed E-state index contributed by atoms with van der Waals surface area (Å²) in [6.07, 6.45) is 2.53. The van der Waals surface area contributed by atoms with Crippen LogP contribution < -0.4 is 5.32 Å². The first-order chi connectivity index (χ1) is 8.08. The van der Waals surface area contributed by atoms with Gasteiger partial charge in [0.15, 0.2) is 0 Å². The highest BCUT2D eigenvalue weighted by Crippen LogP contribution is 2.33. The Kier molecular flexibility index (Phi) is 6.16. The Balaban J connectivity index is 2.76. The molecule has 3 nitrogen and oxygen atoms in total. The zero-order valence-corrected chi connectivity index (χ0v) is 12.7. The Morgan fingerprint density at radius 3 is 2.47 bits per heavy atom.